The fourth-order valence-electron chi connectivity index (χ4n) is 2.79. The van der Waals surface area contributed by atoms with Gasteiger partial charge in [-0.25, -0.2) is 0 Å². The molecule has 0 amide bonds. The van der Waals surface area contributed by atoms with Crippen LogP contribution in [0, 0.1) is 5.41 Å². The van der Waals surface area contributed by atoms with Gasteiger partial charge in [0.1, 0.15) is 11.5 Å². The van der Waals surface area contributed by atoms with E-state index in [2.05, 4.69) is 13.8 Å². The van der Waals surface area contributed by atoms with Crippen LogP contribution in [0.1, 0.15) is 37.6 Å². The van der Waals surface area contributed by atoms with Crippen LogP contribution in [0.25, 0.3) is 0 Å². The summed E-state index contributed by atoms with van der Waals surface area (Å²) in [5, 5.41) is 0.664. The van der Waals surface area contributed by atoms with E-state index in [1.165, 1.54) is 7.11 Å². The van der Waals surface area contributed by atoms with Gasteiger partial charge in [0, 0.05) is 11.4 Å². The molecular weight excluding hydrogens is 311 g/mol. The maximum atomic E-state index is 12.8. The van der Waals surface area contributed by atoms with Crippen molar-refractivity contribution in [2.24, 2.45) is 5.41 Å². The van der Waals surface area contributed by atoms with Crippen molar-refractivity contribution in [2.75, 3.05) is 14.2 Å². The summed E-state index contributed by atoms with van der Waals surface area (Å²) in [6, 6.07) is 4.91. The van der Waals surface area contributed by atoms with E-state index in [9.17, 15) is 9.36 Å². The first-order valence-electron chi connectivity index (χ1n) is 7.49. The van der Waals surface area contributed by atoms with E-state index in [1.807, 2.05) is 19.1 Å². The fraction of sp³-hybridized carbons (Fsp3) is 0.389. The third-order valence-electron chi connectivity index (χ3n) is 3.99. The van der Waals surface area contributed by atoms with Crippen molar-refractivity contribution in [2.45, 2.75) is 27.2 Å². The maximum absolute atomic E-state index is 12.8. The summed E-state index contributed by atoms with van der Waals surface area (Å²) in [5.74, 6) is 0.971. The number of hydrogen-bond acceptors (Lipinski definition) is 4. The van der Waals surface area contributed by atoms with Crippen LogP contribution in [0.5, 0.6) is 11.5 Å². The molecule has 0 heterocycles. The van der Waals surface area contributed by atoms with Gasteiger partial charge in [-0.15, -0.1) is 0 Å². The topological polar surface area (TPSA) is 52.6 Å². The summed E-state index contributed by atoms with van der Waals surface area (Å²) in [6.45, 7) is 6.19. The lowest BCUT2D eigenvalue weighted by Crippen LogP contribution is -2.12. The van der Waals surface area contributed by atoms with Crippen molar-refractivity contribution >= 4 is 13.3 Å². The molecule has 0 spiro atoms. The first kappa shape index (κ1) is 17.6. The highest BCUT2D eigenvalue weighted by Gasteiger charge is 2.27. The normalized spacial score (nSPS) is 17.8. The monoisotopic (exact) mass is 334 g/mol. The smallest absolute Gasteiger partial charge is 0.226 e. The predicted octanol–water partition coefficient (Wildman–Crippen LogP) is 4.66. The molecule has 23 heavy (non-hydrogen) atoms. The van der Waals surface area contributed by atoms with E-state index >= 15 is 0 Å². The van der Waals surface area contributed by atoms with Crippen LogP contribution in [0.3, 0.4) is 0 Å². The quantitative estimate of drug-likeness (QED) is 0.735. The molecule has 4 nitrogen and oxygen atoms in total. The lowest BCUT2D eigenvalue weighted by Gasteiger charge is -2.26. The Morgan fingerprint density at radius 3 is 2.48 bits per heavy atom. The Hall–Kier alpha value is -1.80. The number of ether oxygens (including phenoxy) is 2. The predicted molar refractivity (Wildman–Crippen MR) is 93.1 cm³/mol. The summed E-state index contributed by atoms with van der Waals surface area (Å²) in [7, 11) is 0.439. The average molecular weight is 334 g/mol. The Morgan fingerprint density at radius 1 is 1.22 bits per heavy atom. The lowest BCUT2D eigenvalue weighted by molar-refractivity contribution is 0.107. The molecule has 1 aromatic carbocycles. The maximum Gasteiger partial charge on any atom is 0.226 e. The second-order valence-corrected chi connectivity index (χ2v) is 8.07. The zero-order valence-electron chi connectivity index (χ0n) is 14.2. The van der Waals surface area contributed by atoms with Crippen LogP contribution in [0.15, 0.2) is 41.2 Å². The van der Waals surface area contributed by atoms with Gasteiger partial charge in [0.25, 0.3) is 0 Å². The van der Waals surface area contributed by atoms with E-state index < -0.39 is 7.80 Å². The van der Waals surface area contributed by atoms with E-state index in [0.29, 0.717) is 22.4 Å². The van der Waals surface area contributed by atoms with Gasteiger partial charge in [-0.05, 0) is 30.9 Å². The molecule has 0 aromatic heterocycles. The molecule has 0 radical (unpaired) electrons. The van der Waals surface area contributed by atoms with Gasteiger partial charge >= 0.3 is 0 Å². The molecule has 0 saturated carbocycles. The molecule has 5 heteroatoms. The van der Waals surface area contributed by atoms with Gasteiger partial charge in [-0.2, -0.15) is 0 Å². The third-order valence-corrected chi connectivity index (χ3v) is 5.75. The summed E-state index contributed by atoms with van der Waals surface area (Å²) < 4.78 is 23.2. The Morgan fingerprint density at radius 2 is 1.91 bits per heavy atom. The highest BCUT2D eigenvalue weighted by atomic mass is 31.1. The molecule has 0 fully saturated rings. The molecule has 2 rings (SSSR count). The van der Waals surface area contributed by atoms with Gasteiger partial charge in [-0.3, -0.25) is 4.79 Å². The van der Waals surface area contributed by atoms with Crippen LogP contribution < -0.4 is 9.47 Å². The average Bonchev–Trinajstić information content (AvgIpc) is 2.52. The first-order valence-corrected chi connectivity index (χ1v) is 8.90. The molecule has 1 aromatic rings. The molecule has 1 aliphatic carbocycles. The molecular formula is C18H23O4P. The minimum atomic E-state index is -2.59. The van der Waals surface area contributed by atoms with Crippen LogP contribution in [0.4, 0.5) is 0 Å². The zero-order chi connectivity index (χ0) is 17.2. The number of allylic oxidation sites excluding steroid dienone is 4. The van der Waals surface area contributed by atoms with E-state index in [4.69, 9.17) is 9.47 Å². The van der Waals surface area contributed by atoms with Crippen LogP contribution in [0.2, 0.25) is 0 Å². The van der Waals surface area contributed by atoms with Crippen LogP contribution >= 0.6 is 7.80 Å². The van der Waals surface area contributed by atoms with E-state index in [-0.39, 0.29) is 10.9 Å². The standard InChI is InChI=1S/C18H23O4P/c1-12-11-18(2,3)9-8-16(12)23(20)17(19)14-7-6-13(21-4)10-15(14)22-5/h6-10,23H,11H2,1-5H3. The Labute approximate surface area is 138 Å². The largest absolute Gasteiger partial charge is 0.497 e. The van der Waals surface area contributed by atoms with Crippen LogP contribution in [-0.4, -0.2) is 19.7 Å². The van der Waals surface area contributed by atoms with Gasteiger partial charge in [0.05, 0.1) is 19.8 Å². The molecule has 0 saturated heterocycles. The van der Waals surface area contributed by atoms with Crippen LogP contribution in [-0.2, 0) is 4.57 Å². The highest BCUT2D eigenvalue weighted by molar-refractivity contribution is 7.68. The molecule has 0 bridgehead atoms. The Balaban J connectivity index is 2.35. The SMILES string of the molecule is COc1ccc(C(=O)[PH](=O)C2=C(C)CC(C)(C)C=C2)c(OC)c1. The molecule has 1 atom stereocenters. The highest BCUT2D eigenvalue weighted by Crippen LogP contribution is 2.46. The number of hydrogen-bond donors (Lipinski definition) is 0. The summed E-state index contributed by atoms with van der Waals surface area (Å²) in [6.07, 6.45) is 4.67. The summed E-state index contributed by atoms with van der Waals surface area (Å²) in [5.41, 5.74) is 1.00. The second-order valence-electron chi connectivity index (χ2n) is 6.42. The number of carbonyl (C=O) groups is 1. The van der Waals surface area contributed by atoms with Gasteiger partial charge in [0.2, 0.25) is 5.52 Å². The molecule has 124 valence electrons. The van der Waals surface area contributed by atoms with E-state index in [0.717, 1.165) is 12.0 Å². The number of benzene rings is 1. The van der Waals surface area contributed by atoms with Gasteiger partial charge in [0.15, 0.2) is 7.80 Å². The minimum Gasteiger partial charge on any atom is -0.497 e. The zero-order valence-corrected chi connectivity index (χ0v) is 15.2. The summed E-state index contributed by atoms with van der Waals surface area (Å²) >= 11 is 0. The molecule has 0 N–H and O–H groups in total. The van der Waals surface area contributed by atoms with E-state index in [1.54, 1.807) is 25.3 Å². The van der Waals surface area contributed by atoms with Crippen molar-refractivity contribution in [1.82, 2.24) is 0 Å². The number of carbonyl (C=O) groups excluding carboxylic acids is 1. The second kappa shape index (κ2) is 6.76. The first-order chi connectivity index (χ1) is 10.8. The fourth-order valence-corrected chi connectivity index (χ4v) is 4.20. The minimum absolute atomic E-state index is 0.0383. The van der Waals surface area contributed by atoms with Crippen molar-refractivity contribution in [3.05, 3.63) is 46.8 Å². The van der Waals surface area contributed by atoms with Gasteiger partial charge in [-0.1, -0.05) is 31.6 Å². The molecule has 1 unspecified atom stereocenters. The van der Waals surface area contributed by atoms with Crippen molar-refractivity contribution in [3.8, 4) is 11.5 Å². The van der Waals surface area contributed by atoms with Crippen molar-refractivity contribution < 1.29 is 18.8 Å². The van der Waals surface area contributed by atoms with Crippen molar-refractivity contribution in [3.63, 3.8) is 0 Å². The Kier molecular flexibility index (Phi) is 5.16. The Bertz CT molecular complexity index is 714. The summed E-state index contributed by atoms with van der Waals surface area (Å²) in [4.78, 5) is 12.7. The number of methoxy groups -OCH3 is 2. The molecule has 1 aliphatic rings. The van der Waals surface area contributed by atoms with Crippen molar-refractivity contribution in [1.29, 1.82) is 0 Å². The van der Waals surface area contributed by atoms with Gasteiger partial charge < -0.3 is 14.0 Å². The third kappa shape index (κ3) is 3.76. The number of rotatable bonds is 5. The lowest BCUT2D eigenvalue weighted by atomic mass is 9.82. The molecule has 0 aliphatic heterocycles.